The van der Waals surface area contributed by atoms with Crippen LogP contribution in [-0.4, -0.2) is 11.3 Å². The zero-order valence-corrected chi connectivity index (χ0v) is 6.90. The highest BCUT2D eigenvalue weighted by molar-refractivity contribution is 6.43. The van der Waals surface area contributed by atoms with Crippen molar-refractivity contribution in [3.8, 4) is 0 Å². The Labute approximate surface area is 68.4 Å². The fourth-order valence-corrected chi connectivity index (χ4v) is 0.744. The van der Waals surface area contributed by atoms with Crippen molar-refractivity contribution in [1.29, 1.82) is 0 Å². The van der Waals surface area contributed by atoms with Gasteiger partial charge >= 0.3 is 0 Å². The highest BCUT2D eigenvalue weighted by atomic mass is 35.5. The van der Waals surface area contributed by atoms with Gasteiger partial charge in [-0.25, -0.2) is 0 Å². The molecule has 0 rings (SSSR count). The lowest BCUT2D eigenvalue weighted by atomic mass is 10.5. The van der Waals surface area contributed by atoms with Gasteiger partial charge in [0.15, 0.2) is 0 Å². The fourth-order valence-electron chi connectivity index (χ4n) is 0.142. The zero-order valence-electron chi connectivity index (χ0n) is 3.87. The molecule has 0 aliphatic rings. The third-order valence-electron chi connectivity index (χ3n) is 0.539. The molecule has 8 heavy (non-hydrogen) atoms. The number of halogens is 4. The molecule has 0 spiro atoms. The van der Waals surface area contributed by atoms with Crippen LogP contribution in [0.25, 0.3) is 0 Å². The summed E-state index contributed by atoms with van der Waals surface area (Å²) in [5, 5.41) is 0.0270. The van der Waals surface area contributed by atoms with Crippen LogP contribution in [0.5, 0.6) is 0 Å². The van der Waals surface area contributed by atoms with Gasteiger partial charge < -0.3 is 0 Å². The van der Waals surface area contributed by atoms with Crippen molar-refractivity contribution in [1.82, 2.24) is 0 Å². The molecular formula is C4H4Cl4. The summed E-state index contributed by atoms with van der Waals surface area (Å²) in [6, 6.07) is 0. The second-order valence-electron chi connectivity index (χ2n) is 1.12. The molecule has 0 radical (unpaired) electrons. The van der Waals surface area contributed by atoms with E-state index in [9.17, 15) is 0 Å². The van der Waals surface area contributed by atoms with Gasteiger partial charge in [0.05, 0.1) is 5.38 Å². The van der Waals surface area contributed by atoms with E-state index in [-0.39, 0.29) is 11.3 Å². The van der Waals surface area contributed by atoms with Gasteiger partial charge in [0, 0.05) is 16.4 Å². The first-order valence-corrected chi connectivity index (χ1v) is 3.66. The molecule has 0 saturated heterocycles. The molecule has 0 bridgehead atoms. The molecule has 0 aliphatic heterocycles. The molecule has 1 atom stereocenters. The highest BCUT2D eigenvalue weighted by Crippen LogP contribution is 2.16. The summed E-state index contributed by atoms with van der Waals surface area (Å²) in [4.78, 5) is 0. The van der Waals surface area contributed by atoms with Crippen LogP contribution in [0.15, 0.2) is 10.6 Å². The average molecular weight is 194 g/mol. The van der Waals surface area contributed by atoms with Crippen LogP contribution < -0.4 is 0 Å². The van der Waals surface area contributed by atoms with Crippen molar-refractivity contribution in [3.63, 3.8) is 0 Å². The van der Waals surface area contributed by atoms with Gasteiger partial charge in [0.2, 0.25) is 0 Å². The number of rotatable bonds is 2. The Morgan fingerprint density at radius 2 is 2.12 bits per heavy atom. The van der Waals surface area contributed by atoms with Crippen molar-refractivity contribution in [2.75, 3.05) is 5.88 Å². The number of hydrogen-bond donors (Lipinski definition) is 0. The molecule has 0 aromatic heterocycles. The summed E-state index contributed by atoms with van der Waals surface area (Å²) in [5.74, 6) is 0.281. The minimum absolute atomic E-state index is 0.281. The van der Waals surface area contributed by atoms with Gasteiger partial charge in [-0.2, -0.15) is 0 Å². The van der Waals surface area contributed by atoms with E-state index in [1.165, 1.54) is 5.54 Å². The lowest BCUT2D eigenvalue weighted by Crippen LogP contribution is -1.97. The van der Waals surface area contributed by atoms with Crippen molar-refractivity contribution < 1.29 is 0 Å². The first-order chi connectivity index (χ1) is 3.72. The largest absolute Gasteiger partial charge is 0.125 e. The molecule has 0 aliphatic carbocycles. The molecule has 0 heterocycles. The second kappa shape index (κ2) is 4.75. The van der Waals surface area contributed by atoms with E-state index in [1.54, 1.807) is 0 Å². The molecule has 48 valence electrons. The fraction of sp³-hybridized carbons (Fsp3) is 0.500. The number of hydrogen-bond acceptors (Lipinski definition) is 0. The Bertz CT molecular complexity index is 88.0. The molecule has 1 unspecified atom stereocenters. The Morgan fingerprint density at radius 3 is 2.25 bits per heavy atom. The first-order valence-electron chi connectivity index (χ1n) is 1.88. The van der Waals surface area contributed by atoms with E-state index in [2.05, 4.69) is 0 Å². The van der Waals surface area contributed by atoms with Crippen molar-refractivity contribution in [3.05, 3.63) is 10.6 Å². The monoisotopic (exact) mass is 192 g/mol. The summed E-state index contributed by atoms with van der Waals surface area (Å²) in [5.41, 5.74) is 1.21. The summed E-state index contributed by atoms with van der Waals surface area (Å²) < 4.78 is 0. The molecule has 0 aromatic carbocycles. The van der Waals surface area contributed by atoms with Gasteiger partial charge in [0.25, 0.3) is 0 Å². The third-order valence-corrected chi connectivity index (χ3v) is 2.23. The maximum Gasteiger partial charge on any atom is 0.0836 e. The zero-order chi connectivity index (χ0) is 6.57. The predicted molar refractivity (Wildman–Crippen MR) is 40.2 cm³/mol. The van der Waals surface area contributed by atoms with E-state index in [4.69, 9.17) is 46.4 Å². The van der Waals surface area contributed by atoms with E-state index >= 15 is 0 Å². The molecule has 0 saturated carbocycles. The SMILES string of the molecule is Cl/C=C(\Cl)C(Cl)CCl. The Kier molecular flexibility index (Phi) is 5.28. The van der Waals surface area contributed by atoms with Crippen LogP contribution in [0.4, 0.5) is 0 Å². The Morgan fingerprint density at radius 1 is 1.62 bits per heavy atom. The molecule has 0 nitrogen and oxygen atoms in total. The summed E-state index contributed by atoms with van der Waals surface area (Å²) >= 11 is 21.4. The van der Waals surface area contributed by atoms with Gasteiger partial charge in [-0.15, -0.1) is 23.2 Å². The van der Waals surface area contributed by atoms with Crippen LogP contribution in [0.1, 0.15) is 0 Å². The first kappa shape index (κ1) is 8.90. The van der Waals surface area contributed by atoms with Crippen LogP contribution in [0.3, 0.4) is 0 Å². The predicted octanol–water partition coefficient (Wildman–Crippen LogP) is 3.15. The Hall–Kier alpha value is 0.900. The summed E-state index contributed by atoms with van der Waals surface area (Å²) in [6.45, 7) is 0. The maximum absolute atomic E-state index is 5.50. The van der Waals surface area contributed by atoms with E-state index in [0.717, 1.165) is 0 Å². The lowest BCUT2D eigenvalue weighted by molar-refractivity contribution is 1.22. The molecule has 4 heteroatoms. The minimum atomic E-state index is -0.351. The van der Waals surface area contributed by atoms with E-state index < -0.39 is 0 Å². The van der Waals surface area contributed by atoms with E-state index in [1.807, 2.05) is 0 Å². The van der Waals surface area contributed by atoms with Crippen LogP contribution in [0, 0.1) is 0 Å². The lowest BCUT2D eigenvalue weighted by Gasteiger charge is -1.98. The quantitative estimate of drug-likeness (QED) is 0.592. The molecular weight excluding hydrogens is 190 g/mol. The standard InChI is InChI=1S/C4H4Cl4/c5-1-3(7)4(8)2-6/h1,4H,2H2/b3-1-. The molecule has 0 amide bonds. The van der Waals surface area contributed by atoms with Crippen LogP contribution in [0.2, 0.25) is 0 Å². The molecule has 0 N–H and O–H groups in total. The van der Waals surface area contributed by atoms with Crippen LogP contribution >= 0.6 is 46.4 Å². The van der Waals surface area contributed by atoms with Gasteiger partial charge in [-0.05, 0) is 0 Å². The van der Waals surface area contributed by atoms with Crippen LogP contribution in [-0.2, 0) is 0 Å². The van der Waals surface area contributed by atoms with Crippen molar-refractivity contribution in [2.45, 2.75) is 5.38 Å². The minimum Gasteiger partial charge on any atom is -0.125 e. The van der Waals surface area contributed by atoms with Crippen molar-refractivity contribution in [2.24, 2.45) is 0 Å². The topological polar surface area (TPSA) is 0 Å². The van der Waals surface area contributed by atoms with Gasteiger partial charge in [-0.1, -0.05) is 23.2 Å². The molecule has 0 fully saturated rings. The smallest absolute Gasteiger partial charge is 0.0836 e. The number of allylic oxidation sites excluding steroid dienone is 1. The highest BCUT2D eigenvalue weighted by Gasteiger charge is 2.04. The second-order valence-corrected chi connectivity index (χ2v) is 2.61. The van der Waals surface area contributed by atoms with Gasteiger partial charge in [0.1, 0.15) is 0 Å². The number of alkyl halides is 2. The average Bonchev–Trinajstić information content (AvgIpc) is 1.84. The molecule has 0 aromatic rings. The maximum atomic E-state index is 5.50. The summed E-state index contributed by atoms with van der Waals surface area (Å²) in [7, 11) is 0. The summed E-state index contributed by atoms with van der Waals surface area (Å²) in [6.07, 6.45) is 0. The van der Waals surface area contributed by atoms with E-state index in [0.29, 0.717) is 5.03 Å². The van der Waals surface area contributed by atoms with Gasteiger partial charge in [-0.3, -0.25) is 0 Å². The third kappa shape index (κ3) is 3.03. The van der Waals surface area contributed by atoms with Crippen molar-refractivity contribution >= 4 is 46.4 Å². The Balaban J connectivity index is 3.63. The normalized spacial score (nSPS) is 16.2.